The van der Waals surface area contributed by atoms with Crippen LogP contribution in [-0.2, 0) is 23.9 Å². The van der Waals surface area contributed by atoms with Crippen LogP contribution < -0.4 is 0 Å². The Balaban J connectivity index is 2.06. The van der Waals surface area contributed by atoms with Gasteiger partial charge < -0.3 is 9.84 Å². The third-order valence-electron chi connectivity index (χ3n) is 6.69. The molecule has 2 rings (SSSR count). The molecule has 0 saturated heterocycles. The van der Waals surface area contributed by atoms with E-state index in [4.69, 9.17) is 4.74 Å². The van der Waals surface area contributed by atoms with Gasteiger partial charge in [-0.2, -0.15) is 0 Å². The molecule has 0 radical (unpaired) electrons. The van der Waals surface area contributed by atoms with E-state index >= 15 is 0 Å². The number of ether oxygens (including phenoxy) is 1. The minimum absolute atomic E-state index is 0.0730. The summed E-state index contributed by atoms with van der Waals surface area (Å²) < 4.78 is 5.78. The number of esters is 1. The van der Waals surface area contributed by atoms with Crippen molar-refractivity contribution in [1.29, 1.82) is 0 Å². The molecule has 1 fully saturated rings. The quantitative estimate of drug-likeness (QED) is 0.208. The molecule has 172 valence electrons. The number of carboxylic acid groups (broad SMARTS) is 1. The maximum absolute atomic E-state index is 12.6. The van der Waals surface area contributed by atoms with E-state index in [0.717, 1.165) is 19.3 Å². The molecule has 6 nitrogen and oxygen atoms in total. The summed E-state index contributed by atoms with van der Waals surface area (Å²) in [6.07, 6.45) is 9.91. The lowest BCUT2D eigenvalue weighted by molar-refractivity contribution is -0.158. The second-order valence-corrected chi connectivity index (χ2v) is 9.07. The van der Waals surface area contributed by atoms with Crippen LogP contribution in [-0.4, -0.2) is 35.2 Å². The minimum Gasteiger partial charge on any atom is -0.478 e. The summed E-state index contributed by atoms with van der Waals surface area (Å²) in [5.41, 5.74) is 0.281. The van der Waals surface area contributed by atoms with Crippen LogP contribution in [0.5, 0.6) is 0 Å². The molecule has 1 saturated carbocycles. The molecule has 5 atom stereocenters. The van der Waals surface area contributed by atoms with E-state index in [9.17, 15) is 24.3 Å². The van der Waals surface area contributed by atoms with Crippen molar-refractivity contribution < 1.29 is 29.0 Å². The number of ketones is 1. The van der Waals surface area contributed by atoms with Gasteiger partial charge in [0.05, 0.1) is 5.92 Å². The van der Waals surface area contributed by atoms with Crippen LogP contribution in [0, 0.1) is 23.7 Å². The fourth-order valence-electron chi connectivity index (χ4n) is 5.13. The molecule has 0 bridgehead atoms. The first-order valence-electron chi connectivity index (χ1n) is 11.6. The number of carbonyl (C=O) groups is 4. The Kier molecular flexibility index (Phi) is 9.66. The number of carboxylic acids is 1. The summed E-state index contributed by atoms with van der Waals surface area (Å²) in [5.74, 6) is -3.05. The second-order valence-electron chi connectivity index (χ2n) is 9.07. The van der Waals surface area contributed by atoms with Crippen molar-refractivity contribution in [3.05, 3.63) is 23.8 Å². The van der Waals surface area contributed by atoms with Gasteiger partial charge in [0.25, 0.3) is 0 Å². The molecule has 0 amide bonds. The van der Waals surface area contributed by atoms with Crippen LogP contribution in [0.3, 0.4) is 0 Å². The van der Waals surface area contributed by atoms with E-state index in [2.05, 4.69) is 13.5 Å². The summed E-state index contributed by atoms with van der Waals surface area (Å²) in [5, 5.41) is 9.57. The number of aliphatic carboxylic acids is 1. The molecular formula is C25H36O6. The zero-order valence-corrected chi connectivity index (χ0v) is 18.8. The predicted octanol–water partition coefficient (Wildman–Crippen LogP) is 4.67. The number of aldehydes is 1. The van der Waals surface area contributed by atoms with Gasteiger partial charge in [-0.1, -0.05) is 65.0 Å². The van der Waals surface area contributed by atoms with Gasteiger partial charge in [-0.05, 0) is 23.8 Å². The summed E-state index contributed by atoms with van der Waals surface area (Å²) in [4.78, 5) is 48.2. The summed E-state index contributed by atoms with van der Waals surface area (Å²) in [6, 6.07) is 0. The lowest BCUT2D eigenvalue weighted by Gasteiger charge is -2.45. The van der Waals surface area contributed by atoms with E-state index in [1.807, 2.05) is 6.92 Å². The van der Waals surface area contributed by atoms with Crippen LogP contribution in [0.4, 0.5) is 0 Å². The Bertz CT molecular complexity index is 722. The van der Waals surface area contributed by atoms with E-state index in [1.54, 1.807) is 6.08 Å². The molecule has 31 heavy (non-hydrogen) atoms. The molecule has 1 unspecified atom stereocenters. The molecule has 0 aromatic carbocycles. The smallest absolute Gasteiger partial charge is 0.331 e. The molecule has 0 heterocycles. The standard InChI is InChI=1S/C25H36O6/c1-4-5-6-7-8-9-10-11-22(28)31-21-14-18(25(29)30)13-19-23(17(3)15-26)20(27)12-16(2)24(19)21/h13,15-16,19,21,23-24H,3-12,14H2,1-2H3,(H,29,30)/t16-,19+,21-,23-,24?/m0/s1. The molecular weight excluding hydrogens is 396 g/mol. The lowest BCUT2D eigenvalue weighted by atomic mass is 9.59. The molecule has 6 heteroatoms. The highest BCUT2D eigenvalue weighted by Gasteiger charge is 2.49. The second kappa shape index (κ2) is 12.0. The average Bonchev–Trinajstić information content (AvgIpc) is 2.72. The van der Waals surface area contributed by atoms with Crippen LogP contribution in [0.25, 0.3) is 0 Å². The molecule has 1 N–H and O–H groups in total. The van der Waals surface area contributed by atoms with Gasteiger partial charge in [0, 0.05) is 30.8 Å². The Morgan fingerprint density at radius 1 is 1.16 bits per heavy atom. The molecule has 2 aliphatic rings. The largest absolute Gasteiger partial charge is 0.478 e. The van der Waals surface area contributed by atoms with Crippen molar-refractivity contribution in [3.8, 4) is 0 Å². The summed E-state index contributed by atoms with van der Waals surface area (Å²) >= 11 is 0. The normalized spacial score (nSPS) is 27.7. The van der Waals surface area contributed by atoms with E-state index in [0.29, 0.717) is 12.7 Å². The number of fused-ring (bicyclic) bond motifs is 1. The SMILES string of the molecule is C=C(C=O)[C@@H]1C(=O)C[C@H](C)C2[C@@H](OC(=O)CCCCCCCCC)CC(C(=O)O)=C[C@@H]21. The number of hydrogen-bond acceptors (Lipinski definition) is 5. The monoisotopic (exact) mass is 432 g/mol. The van der Waals surface area contributed by atoms with E-state index in [-0.39, 0.29) is 47.6 Å². The van der Waals surface area contributed by atoms with Gasteiger partial charge >= 0.3 is 11.9 Å². The van der Waals surface area contributed by atoms with Crippen LogP contribution in [0.1, 0.15) is 78.1 Å². The lowest BCUT2D eigenvalue weighted by Crippen LogP contribution is -2.49. The Morgan fingerprint density at radius 2 is 1.81 bits per heavy atom. The molecule has 2 aliphatic carbocycles. The number of carbonyl (C=O) groups excluding carboxylic acids is 3. The van der Waals surface area contributed by atoms with Crippen LogP contribution in [0.15, 0.2) is 23.8 Å². The fourth-order valence-corrected chi connectivity index (χ4v) is 5.13. The number of hydrogen-bond donors (Lipinski definition) is 1. The topological polar surface area (TPSA) is 97.7 Å². The number of allylic oxidation sites excluding steroid dienone is 2. The maximum Gasteiger partial charge on any atom is 0.331 e. The van der Waals surface area contributed by atoms with Crippen molar-refractivity contribution in [2.45, 2.75) is 84.2 Å². The first-order valence-corrected chi connectivity index (χ1v) is 11.6. The van der Waals surface area contributed by atoms with Crippen LogP contribution >= 0.6 is 0 Å². The third-order valence-corrected chi connectivity index (χ3v) is 6.69. The average molecular weight is 433 g/mol. The van der Waals surface area contributed by atoms with Gasteiger partial charge in [0.1, 0.15) is 18.2 Å². The minimum atomic E-state index is -1.09. The van der Waals surface area contributed by atoms with Gasteiger partial charge in [-0.15, -0.1) is 0 Å². The Morgan fingerprint density at radius 3 is 2.42 bits per heavy atom. The fraction of sp³-hybridized carbons (Fsp3) is 0.680. The van der Waals surface area contributed by atoms with Gasteiger partial charge in [-0.3, -0.25) is 14.4 Å². The zero-order chi connectivity index (χ0) is 23.0. The van der Waals surface area contributed by atoms with Gasteiger partial charge in [0.15, 0.2) is 0 Å². The summed E-state index contributed by atoms with van der Waals surface area (Å²) in [6.45, 7) is 7.82. The highest BCUT2D eigenvalue weighted by molar-refractivity contribution is 5.93. The molecule has 0 spiro atoms. The van der Waals surface area contributed by atoms with Crippen molar-refractivity contribution in [2.75, 3.05) is 0 Å². The van der Waals surface area contributed by atoms with Gasteiger partial charge in [-0.25, -0.2) is 4.79 Å². The highest BCUT2D eigenvalue weighted by Crippen LogP contribution is 2.47. The molecule has 0 aliphatic heterocycles. The Labute approximate surface area is 185 Å². The Hall–Kier alpha value is -2.24. The van der Waals surface area contributed by atoms with Crippen molar-refractivity contribution in [1.82, 2.24) is 0 Å². The number of Topliss-reactive ketones (excluding diaryl/α,β-unsaturated/α-hetero) is 1. The first-order chi connectivity index (χ1) is 14.8. The van der Waals surface area contributed by atoms with Crippen molar-refractivity contribution in [2.24, 2.45) is 23.7 Å². The van der Waals surface area contributed by atoms with Crippen molar-refractivity contribution >= 4 is 24.0 Å². The third kappa shape index (κ3) is 6.62. The van der Waals surface area contributed by atoms with Crippen LogP contribution in [0.2, 0.25) is 0 Å². The zero-order valence-electron chi connectivity index (χ0n) is 18.8. The molecule has 0 aromatic heterocycles. The molecule has 0 aromatic rings. The van der Waals surface area contributed by atoms with Gasteiger partial charge in [0.2, 0.25) is 0 Å². The number of unbranched alkanes of at least 4 members (excludes halogenated alkanes) is 6. The number of rotatable bonds is 12. The predicted molar refractivity (Wildman–Crippen MR) is 117 cm³/mol. The maximum atomic E-state index is 12.6. The highest BCUT2D eigenvalue weighted by atomic mass is 16.5. The first kappa shape index (κ1) is 25.0. The van der Waals surface area contributed by atoms with E-state index < -0.39 is 23.9 Å². The van der Waals surface area contributed by atoms with E-state index in [1.165, 1.54) is 25.7 Å². The van der Waals surface area contributed by atoms with Crippen molar-refractivity contribution in [3.63, 3.8) is 0 Å². The summed E-state index contributed by atoms with van der Waals surface area (Å²) in [7, 11) is 0.